The van der Waals surface area contributed by atoms with Crippen molar-refractivity contribution >= 4 is 23.0 Å². The molecular formula is C26H32N6O4. The normalized spacial score (nSPS) is 22.3. The number of benzene rings is 2. The molecule has 190 valence electrons. The quantitative estimate of drug-likeness (QED) is 0.336. The molecule has 10 nitrogen and oxygen atoms in total. The molecule has 2 aliphatic rings. The van der Waals surface area contributed by atoms with Crippen molar-refractivity contribution in [3.05, 3.63) is 70.1 Å². The molecule has 36 heavy (non-hydrogen) atoms. The average molecular weight is 493 g/mol. The molecule has 0 fully saturated rings. The van der Waals surface area contributed by atoms with Crippen molar-refractivity contribution in [2.45, 2.75) is 77.5 Å². The third kappa shape index (κ3) is 3.47. The van der Waals surface area contributed by atoms with E-state index < -0.39 is 22.2 Å². The lowest BCUT2D eigenvalue weighted by Crippen LogP contribution is -2.53. The number of rotatable bonds is 4. The molecule has 2 aromatic carbocycles. The van der Waals surface area contributed by atoms with Crippen LogP contribution in [0.25, 0.3) is 0 Å². The molecule has 0 saturated heterocycles. The van der Waals surface area contributed by atoms with E-state index in [2.05, 4.69) is 10.2 Å². The van der Waals surface area contributed by atoms with Crippen molar-refractivity contribution in [2.75, 3.05) is 0 Å². The van der Waals surface area contributed by atoms with Crippen molar-refractivity contribution in [1.29, 1.82) is 0 Å². The number of hydrogen-bond donors (Lipinski definition) is 0. The minimum Gasteiger partial charge on any atom is -0.714 e. The highest BCUT2D eigenvalue weighted by Gasteiger charge is 2.61. The average Bonchev–Trinajstić information content (AvgIpc) is 3.02. The van der Waals surface area contributed by atoms with Crippen LogP contribution in [0, 0.1) is 10.4 Å². The summed E-state index contributed by atoms with van der Waals surface area (Å²) in [5.74, 6) is 0.0973. The van der Waals surface area contributed by atoms with Gasteiger partial charge in [0.15, 0.2) is 11.1 Å². The number of hydrogen-bond acceptors (Lipinski definition) is 6. The second kappa shape index (κ2) is 8.01. The zero-order chi connectivity index (χ0) is 26.8. The SMILES string of the molecule is CC1(C)N([O])C(c2ccc(N=Nc3cccc(C4=[N+]([O-])C(C)(C)C(C)(C)N4[O])c3)cc2)=[N+]([O-])C1(C)C. The van der Waals surface area contributed by atoms with E-state index >= 15 is 0 Å². The first-order valence-corrected chi connectivity index (χ1v) is 11.8. The summed E-state index contributed by atoms with van der Waals surface area (Å²) in [6.45, 7) is 14.0. The van der Waals surface area contributed by atoms with Crippen LogP contribution in [0.5, 0.6) is 0 Å². The lowest BCUT2D eigenvalue weighted by molar-refractivity contribution is -0.539. The summed E-state index contributed by atoms with van der Waals surface area (Å²) in [6.07, 6.45) is 0. The molecule has 2 radical (unpaired) electrons. The van der Waals surface area contributed by atoms with Crippen molar-refractivity contribution in [3.63, 3.8) is 0 Å². The molecule has 0 amide bonds. The zero-order valence-corrected chi connectivity index (χ0v) is 21.9. The first-order chi connectivity index (χ1) is 16.5. The Bertz CT molecular complexity index is 1290. The van der Waals surface area contributed by atoms with Crippen LogP contribution >= 0.6 is 0 Å². The Labute approximate surface area is 211 Å². The third-order valence-electron chi connectivity index (χ3n) is 8.31. The Kier molecular flexibility index (Phi) is 5.69. The maximum Gasteiger partial charge on any atom is 0.316 e. The van der Waals surface area contributed by atoms with Crippen molar-refractivity contribution in [1.82, 2.24) is 10.1 Å². The van der Waals surface area contributed by atoms with E-state index in [-0.39, 0.29) is 11.7 Å². The second-order valence-corrected chi connectivity index (χ2v) is 11.4. The molecule has 0 aliphatic carbocycles. The smallest absolute Gasteiger partial charge is 0.316 e. The van der Waals surface area contributed by atoms with Crippen LogP contribution in [0.4, 0.5) is 11.4 Å². The van der Waals surface area contributed by atoms with Gasteiger partial charge in [0.05, 0.1) is 22.5 Å². The minimum atomic E-state index is -0.912. The number of amidine groups is 2. The molecule has 0 atom stereocenters. The van der Waals surface area contributed by atoms with E-state index in [1.807, 2.05) is 0 Å². The van der Waals surface area contributed by atoms with Crippen LogP contribution in [0.15, 0.2) is 58.8 Å². The highest BCUT2D eigenvalue weighted by Crippen LogP contribution is 2.39. The standard InChI is InChI=1S/C26H32N6O4/c1-23(2)24(3,4)30(34)21(29(23)33)17-12-14-19(15-13-17)27-28-20-11-9-10-18(16-20)22-31(35)25(5,6)26(7,8)32(22)36/h9-16H,1-8H3. The van der Waals surface area contributed by atoms with Crippen LogP contribution in [0.3, 0.4) is 0 Å². The molecule has 2 aliphatic heterocycles. The molecule has 4 rings (SSSR count). The van der Waals surface area contributed by atoms with E-state index in [4.69, 9.17) is 0 Å². The fraction of sp³-hybridized carbons (Fsp3) is 0.462. The van der Waals surface area contributed by atoms with Crippen LogP contribution in [-0.4, -0.2) is 53.4 Å². The highest BCUT2D eigenvalue weighted by molar-refractivity contribution is 5.97. The van der Waals surface area contributed by atoms with Gasteiger partial charge in [0.25, 0.3) is 0 Å². The fourth-order valence-electron chi connectivity index (χ4n) is 4.19. The summed E-state index contributed by atoms with van der Waals surface area (Å²) in [5.41, 5.74) is -1.67. The Morgan fingerprint density at radius 3 is 1.53 bits per heavy atom. The van der Waals surface area contributed by atoms with E-state index in [1.54, 1.807) is 104 Å². The van der Waals surface area contributed by atoms with Crippen molar-refractivity contribution < 1.29 is 19.9 Å². The lowest BCUT2D eigenvalue weighted by Gasteiger charge is -2.32. The predicted octanol–water partition coefficient (Wildman–Crippen LogP) is 5.05. The highest BCUT2D eigenvalue weighted by atomic mass is 16.5. The monoisotopic (exact) mass is 492 g/mol. The first kappa shape index (κ1) is 25.6. The van der Waals surface area contributed by atoms with Gasteiger partial charge in [-0.3, -0.25) is 9.48 Å². The summed E-state index contributed by atoms with van der Waals surface area (Å²) in [7, 11) is 0. The molecule has 0 N–H and O–H groups in total. The van der Waals surface area contributed by atoms with Gasteiger partial charge >= 0.3 is 11.7 Å². The maximum absolute atomic E-state index is 12.9. The topological polar surface area (TPSA) is 123 Å². The zero-order valence-electron chi connectivity index (χ0n) is 21.9. The predicted molar refractivity (Wildman–Crippen MR) is 134 cm³/mol. The fourth-order valence-corrected chi connectivity index (χ4v) is 4.19. The largest absolute Gasteiger partial charge is 0.714 e. The molecule has 0 saturated carbocycles. The van der Waals surface area contributed by atoms with Crippen molar-refractivity contribution in [2.24, 2.45) is 10.2 Å². The molecule has 0 spiro atoms. The second-order valence-electron chi connectivity index (χ2n) is 11.4. The van der Waals surface area contributed by atoms with Crippen LogP contribution in [0.1, 0.15) is 66.5 Å². The Hall–Kier alpha value is -3.50. The van der Waals surface area contributed by atoms with Gasteiger partial charge in [-0.2, -0.15) is 10.2 Å². The molecule has 10 heteroatoms. The summed E-state index contributed by atoms with van der Waals surface area (Å²) >= 11 is 0. The van der Waals surface area contributed by atoms with E-state index in [0.29, 0.717) is 22.5 Å². The lowest BCUT2D eigenvalue weighted by atomic mass is 9.84. The van der Waals surface area contributed by atoms with Crippen LogP contribution < -0.4 is 0 Å². The van der Waals surface area contributed by atoms with Gasteiger partial charge in [-0.25, -0.2) is 0 Å². The number of azo groups is 1. The summed E-state index contributed by atoms with van der Waals surface area (Å²) in [4.78, 5) is 0. The van der Waals surface area contributed by atoms with E-state index in [1.165, 1.54) is 0 Å². The molecule has 2 aromatic rings. The van der Waals surface area contributed by atoms with Crippen LogP contribution in [-0.2, 0) is 10.4 Å². The van der Waals surface area contributed by atoms with Crippen molar-refractivity contribution in [3.8, 4) is 0 Å². The molecular weight excluding hydrogens is 460 g/mol. The van der Waals surface area contributed by atoms with E-state index in [0.717, 1.165) is 19.6 Å². The van der Waals surface area contributed by atoms with E-state index in [9.17, 15) is 20.8 Å². The van der Waals surface area contributed by atoms with Gasteiger partial charge < -0.3 is 10.4 Å². The van der Waals surface area contributed by atoms with Gasteiger partial charge in [-0.15, -0.1) is 0 Å². The Balaban J connectivity index is 1.59. The Morgan fingerprint density at radius 2 is 1.08 bits per heavy atom. The molecule has 0 aromatic heterocycles. The molecule has 0 unspecified atom stereocenters. The molecule has 0 bridgehead atoms. The summed E-state index contributed by atoms with van der Waals surface area (Å²) in [6, 6.07) is 13.4. The van der Waals surface area contributed by atoms with Gasteiger partial charge in [-0.1, -0.05) is 16.2 Å². The number of hydroxylamine groups is 6. The third-order valence-corrected chi connectivity index (χ3v) is 8.31. The first-order valence-electron chi connectivity index (χ1n) is 11.8. The molecule has 2 heterocycles. The maximum atomic E-state index is 12.9. The van der Waals surface area contributed by atoms with Crippen LogP contribution in [0.2, 0.25) is 0 Å². The summed E-state index contributed by atoms with van der Waals surface area (Å²) < 4.78 is 1.53. The van der Waals surface area contributed by atoms with Gasteiger partial charge in [0.1, 0.15) is 11.1 Å². The minimum absolute atomic E-state index is 0.0372. The van der Waals surface area contributed by atoms with Gasteiger partial charge in [0.2, 0.25) is 0 Å². The Morgan fingerprint density at radius 1 is 0.639 bits per heavy atom. The van der Waals surface area contributed by atoms with Gasteiger partial charge in [-0.05, 0) is 97.9 Å². The van der Waals surface area contributed by atoms with Gasteiger partial charge in [0, 0.05) is 10.4 Å². The summed E-state index contributed by atoms with van der Waals surface area (Å²) in [5, 5.41) is 61.6. The number of nitrogens with zero attached hydrogens (tertiary/aromatic N) is 6.